The van der Waals surface area contributed by atoms with Gasteiger partial charge in [-0.2, -0.15) is 0 Å². The van der Waals surface area contributed by atoms with Gasteiger partial charge in [0.15, 0.2) is 0 Å². The third kappa shape index (κ3) is 2.79. The van der Waals surface area contributed by atoms with Crippen LogP contribution < -0.4 is 21.2 Å². The fourth-order valence-electron chi connectivity index (χ4n) is 3.09. The fourth-order valence-corrected chi connectivity index (χ4v) is 3.09. The molecule has 0 spiro atoms. The number of carbonyl (C=O) groups excluding carboxylic acids is 1. The smallest absolute Gasteiger partial charge is 0.278 e. The van der Waals surface area contributed by atoms with Crippen molar-refractivity contribution in [2.24, 2.45) is 0 Å². The van der Waals surface area contributed by atoms with E-state index in [-0.39, 0.29) is 17.5 Å². The molecular weight excluding hydrogens is 330 g/mol. The minimum Gasteiger partial charge on any atom is -0.352 e. The second kappa shape index (κ2) is 6.74. The van der Waals surface area contributed by atoms with Crippen molar-refractivity contribution < 1.29 is 9.36 Å². The molecule has 0 aliphatic carbocycles. The summed E-state index contributed by atoms with van der Waals surface area (Å²) in [5.74, 6) is 0.0267. The predicted molar refractivity (Wildman–Crippen MR) is 101 cm³/mol. The van der Waals surface area contributed by atoms with E-state index >= 15 is 0 Å². The lowest BCUT2D eigenvalue weighted by Crippen LogP contribution is -2.45. The molecule has 3 aromatic rings. The van der Waals surface area contributed by atoms with Gasteiger partial charge >= 0.3 is 0 Å². The zero-order valence-corrected chi connectivity index (χ0v) is 15.5. The summed E-state index contributed by atoms with van der Waals surface area (Å²) in [7, 11) is 0. The van der Waals surface area contributed by atoms with Crippen molar-refractivity contribution in [2.45, 2.75) is 40.2 Å². The number of aromatic nitrogens is 3. The Balaban J connectivity index is 2.48. The van der Waals surface area contributed by atoms with Crippen LogP contribution in [0.2, 0.25) is 0 Å². The van der Waals surface area contributed by atoms with Gasteiger partial charge in [-0.05, 0) is 44.9 Å². The number of carbonyl (C=O) groups is 1. The highest BCUT2D eigenvalue weighted by Gasteiger charge is 2.26. The van der Waals surface area contributed by atoms with Crippen molar-refractivity contribution in [3.8, 4) is 0 Å². The lowest BCUT2D eigenvalue weighted by molar-refractivity contribution is -0.683. The first kappa shape index (κ1) is 17.8. The number of fused-ring (bicyclic) bond motifs is 2. The van der Waals surface area contributed by atoms with Crippen LogP contribution in [0.4, 0.5) is 5.82 Å². The molecule has 0 saturated carbocycles. The van der Waals surface area contributed by atoms with Crippen molar-refractivity contribution in [3.63, 3.8) is 0 Å². The molecule has 0 aromatic carbocycles. The normalized spacial score (nSPS) is 12.5. The Labute approximate surface area is 151 Å². The van der Waals surface area contributed by atoms with Crippen LogP contribution in [-0.4, -0.2) is 21.8 Å². The Bertz CT molecular complexity index is 1070. The first-order chi connectivity index (χ1) is 12.4. The number of hydrogen-bond acceptors (Lipinski definition) is 4. The van der Waals surface area contributed by atoms with Crippen molar-refractivity contribution in [1.29, 1.82) is 0 Å². The summed E-state index contributed by atoms with van der Waals surface area (Å²) in [6.07, 6.45) is 2.54. The maximum Gasteiger partial charge on any atom is 0.278 e. The second-order valence-corrected chi connectivity index (χ2v) is 6.52. The van der Waals surface area contributed by atoms with E-state index in [1.807, 2.05) is 39.8 Å². The highest BCUT2D eigenvalue weighted by atomic mass is 16.1. The highest BCUT2D eigenvalue weighted by Crippen LogP contribution is 2.18. The van der Waals surface area contributed by atoms with E-state index in [1.165, 1.54) is 4.40 Å². The highest BCUT2D eigenvalue weighted by molar-refractivity contribution is 6.00. The van der Waals surface area contributed by atoms with Crippen molar-refractivity contribution in [3.05, 3.63) is 45.9 Å². The van der Waals surface area contributed by atoms with Crippen molar-refractivity contribution in [2.75, 3.05) is 12.3 Å². The minimum atomic E-state index is -0.294. The van der Waals surface area contributed by atoms with E-state index in [0.717, 1.165) is 12.0 Å². The Hall–Kier alpha value is -2.96. The minimum absolute atomic E-state index is 0.00771. The third-order valence-electron chi connectivity index (χ3n) is 4.65. The van der Waals surface area contributed by atoms with Crippen LogP contribution in [0, 0.1) is 6.92 Å². The number of nitrogens with two attached hydrogens (primary N) is 1. The predicted octanol–water partition coefficient (Wildman–Crippen LogP) is 1.75. The van der Waals surface area contributed by atoms with Crippen LogP contribution in [0.5, 0.6) is 0 Å². The molecule has 0 aliphatic rings. The molecule has 0 fully saturated rings. The van der Waals surface area contributed by atoms with Crippen LogP contribution in [0.1, 0.15) is 49.2 Å². The van der Waals surface area contributed by atoms with E-state index < -0.39 is 0 Å². The van der Waals surface area contributed by atoms with Gasteiger partial charge < -0.3 is 11.1 Å². The largest absolute Gasteiger partial charge is 0.352 e. The van der Waals surface area contributed by atoms with Gasteiger partial charge in [0.25, 0.3) is 17.1 Å². The number of hydrogen-bond donors (Lipinski definition) is 2. The number of pyridine rings is 2. The van der Waals surface area contributed by atoms with Crippen molar-refractivity contribution in [1.82, 2.24) is 14.7 Å². The maximum atomic E-state index is 13.1. The summed E-state index contributed by atoms with van der Waals surface area (Å²) in [4.78, 5) is 30.2. The molecule has 3 rings (SSSR count). The zero-order chi connectivity index (χ0) is 19.0. The number of amides is 1. The molecule has 3 N–H and O–H groups in total. The third-order valence-corrected chi connectivity index (χ3v) is 4.65. The number of nitrogens with one attached hydrogen (secondary N) is 1. The average molecular weight is 354 g/mol. The van der Waals surface area contributed by atoms with Gasteiger partial charge in [-0.25, -0.2) is 4.57 Å². The van der Waals surface area contributed by atoms with Crippen LogP contribution >= 0.6 is 0 Å². The van der Waals surface area contributed by atoms with Gasteiger partial charge in [-0.3, -0.25) is 14.0 Å². The van der Waals surface area contributed by atoms with Gasteiger partial charge in [0.05, 0.1) is 6.04 Å². The zero-order valence-electron chi connectivity index (χ0n) is 15.5. The molecule has 1 atom stereocenters. The number of nitrogen functional groups attached to an aromatic ring is 1. The SMILES string of the molecule is CCNC(=O)c1cc2c(=O)n3cc(C)ccc3nc2[n+]([C@H](C)CC)c1N. The van der Waals surface area contributed by atoms with E-state index in [2.05, 4.69) is 10.3 Å². The molecule has 0 bridgehead atoms. The molecule has 7 heteroatoms. The summed E-state index contributed by atoms with van der Waals surface area (Å²) in [6.45, 7) is 8.26. The molecular formula is C19H24N5O2+. The van der Waals surface area contributed by atoms with Crippen LogP contribution in [0.15, 0.2) is 29.2 Å². The summed E-state index contributed by atoms with van der Waals surface area (Å²) in [6, 6.07) is 5.27. The lowest BCUT2D eigenvalue weighted by Gasteiger charge is -2.16. The first-order valence-electron chi connectivity index (χ1n) is 8.84. The summed E-state index contributed by atoms with van der Waals surface area (Å²) in [5.41, 5.74) is 8.42. The van der Waals surface area contributed by atoms with Gasteiger partial charge in [-0.1, -0.05) is 18.0 Å². The Morgan fingerprint density at radius 3 is 2.77 bits per heavy atom. The Morgan fingerprint density at radius 1 is 1.38 bits per heavy atom. The van der Waals surface area contributed by atoms with Gasteiger partial charge in [0.1, 0.15) is 10.9 Å². The number of nitrogens with zero attached hydrogens (tertiary/aromatic N) is 3. The average Bonchev–Trinajstić information content (AvgIpc) is 2.62. The Kier molecular flexibility index (Phi) is 4.63. The molecule has 7 nitrogen and oxygen atoms in total. The first-order valence-corrected chi connectivity index (χ1v) is 8.84. The molecule has 26 heavy (non-hydrogen) atoms. The standard InChI is InChI=1S/C19H23N5O2/c1-5-12(4)24-16(20)13(18(25)21-6-2)9-14-17(24)22-15-8-7-11(3)10-23(15)19(14)26/h7-10,12,20H,5-6H2,1-4H3,(H,21,25)/p+1/t12-/m1/s1. The second-order valence-electron chi connectivity index (χ2n) is 6.52. The van der Waals surface area contributed by atoms with Gasteiger partial charge in [0.2, 0.25) is 11.5 Å². The number of rotatable bonds is 4. The van der Waals surface area contributed by atoms with Gasteiger partial charge in [0, 0.05) is 12.7 Å². The van der Waals surface area contributed by atoms with E-state index in [0.29, 0.717) is 34.6 Å². The molecule has 1 amide bonds. The molecule has 0 radical (unpaired) electrons. The van der Waals surface area contributed by atoms with E-state index in [4.69, 9.17) is 5.73 Å². The van der Waals surface area contributed by atoms with E-state index in [1.54, 1.807) is 16.8 Å². The summed E-state index contributed by atoms with van der Waals surface area (Å²) in [5, 5.41) is 3.13. The molecule has 136 valence electrons. The lowest BCUT2D eigenvalue weighted by atomic mass is 10.1. The fraction of sp³-hybridized carbons (Fsp3) is 0.368. The molecule has 0 aliphatic heterocycles. The van der Waals surface area contributed by atoms with Crippen LogP contribution in [0.3, 0.4) is 0 Å². The van der Waals surface area contributed by atoms with E-state index in [9.17, 15) is 9.59 Å². The Morgan fingerprint density at radius 2 is 2.12 bits per heavy atom. The maximum absolute atomic E-state index is 13.1. The topological polar surface area (TPSA) is 93.4 Å². The molecule has 3 aromatic heterocycles. The number of anilines is 1. The molecule has 3 heterocycles. The molecule has 0 unspecified atom stereocenters. The monoisotopic (exact) mass is 354 g/mol. The van der Waals surface area contributed by atoms with Crippen molar-refractivity contribution >= 4 is 28.4 Å². The summed E-state index contributed by atoms with van der Waals surface area (Å²) >= 11 is 0. The van der Waals surface area contributed by atoms with Crippen LogP contribution in [-0.2, 0) is 0 Å². The quantitative estimate of drug-likeness (QED) is 0.551. The summed E-state index contributed by atoms with van der Waals surface area (Å²) < 4.78 is 3.30. The van der Waals surface area contributed by atoms with Crippen LogP contribution in [0.25, 0.3) is 16.7 Å². The molecule has 0 saturated heterocycles. The van der Waals surface area contributed by atoms with Gasteiger partial charge in [-0.15, -0.1) is 0 Å². The number of aryl methyl sites for hydroxylation is 1.